The number of carbonyl (C=O) groups is 2. The molecular formula is C17H24F3N3O3. The highest BCUT2D eigenvalue weighted by Crippen LogP contribution is 2.34. The minimum absolute atomic E-state index is 0.156. The quantitative estimate of drug-likeness (QED) is 0.800. The van der Waals surface area contributed by atoms with E-state index < -0.39 is 30.1 Å². The monoisotopic (exact) mass is 375 g/mol. The second-order valence-corrected chi connectivity index (χ2v) is 7.13. The lowest BCUT2D eigenvalue weighted by Gasteiger charge is -2.30. The maximum atomic E-state index is 12.7. The molecule has 146 valence electrons. The number of carboxylic acids is 1. The van der Waals surface area contributed by atoms with E-state index in [2.05, 4.69) is 10.4 Å². The molecule has 1 amide bonds. The lowest BCUT2D eigenvalue weighted by atomic mass is 9.90. The number of carbonyl (C=O) groups excluding carboxylic acids is 1. The van der Waals surface area contributed by atoms with E-state index >= 15 is 0 Å². The first-order valence-corrected chi connectivity index (χ1v) is 8.58. The molecule has 0 aromatic carbocycles. The minimum Gasteiger partial charge on any atom is -0.481 e. The lowest BCUT2D eigenvalue weighted by Crippen LogP contribution is -2.49. The summed E-state index contributed by atoms with van der Waals surface area (Å²) in [6, 6.07) is 0. The molecule has 0 spiro atoms. The molecule has 1 fully saturated rings. The summed E-state index contributed by atoms with van der Waals surface area (Å²) < 4.78 is 38.9. The zero-order valence-corrected chi connectivity index (χ0v) is 15.1. The molecule has 1 heterocycles. The Morgan fingerprint density at radius 2 is 1.88 bits per heavy atom. The molecule has 2 N–H and O–H groups in total. The third kappa shape index (κ3) is 4.56. The first-order valence-electron chi connectivity index (χ1n) is 8.58. The summed E-state index contributed by atoms with van der Waals surface area (Å²) in [7, 11) is 0. The number of rotatable bonds is 6. The number of hydrogen-bond donors (Lipinski definition) is 2. The Hall–Kier alpha value is -2.06. The van der Waals surface area contributed by atoms with E-state index in [9.17, 15) is 22.8 Å². The first kappa shape index (κ1) is 20.3. The molecule has 1 aliphatic carbocycles. The fraction of sp³-hybridized carbons (Fsp3) is 0.706. The van der Waals surface area contributed by atoms with E-state index in [1.165, 1.54) is 6.92 Å². The summed E-state index contributed by atoms with van der Waals surface area (Å²) in [5.74, 6) is -2.08. The SMILES string of the molecule is Cc1nn(CC(F)(F)F)c(C)c1C(C)C(=O)NC1(CC(=O)O)CCCC1. The summed E-state index contributed by atoms with van der Waals surface area (Å²) in [6.45, 7) is 3.47. The molecule has 1 aliphatic rings. The molecule has 26 heavy (non-hydrogen) atoms. The minimum atomic E-state index is -4.40. The highest BCUT2D eigenvalue weighted by molar-refractivity contribution is 5.85. The summed E-state index contributed by atoms with van der Waals surface area (Å²) in [5.41, 5.74) is 0.338. The van der Waals surface area contributed by atoms with Gasteiger partial charge in [-0.05, 0) is 33.6 Å². The number of aromatic nitrogens is 2. The second kappa shape index (κ2) is 7.28. The smallest absolute Gasteiger partial charge is 0.408 e. The molecular weight excluding hydrogens is 351 g/mol. The molecule has 0 radical (unpaired) electrons. The molecule has 1 aromatic rings. The van der Waals surface area contributed by atoms with Crippen molar-refractivity contribution in [2.45, 2.75) is 77.1 Å². The third-order valence-corrected chi connectivity index (χ3v) is 5.03. The van der Waals surface area contributed by atoms with E-state index in [4.69, 9.17) is 5.11 Å². The second-order valence-electron chi connectivity index (χ2n) is 7.13. The van der Waals surface area contributed by atoms with Crippen molar-refractivity contribution < 1.29 is 27.9 Å². The van der Waals surface area contributed by atoms with Gasteiger partial charge in [0.1, 0.15) is 6.54 Å². The molecule has 0 bridgehead atoms. The van der Waals surface area contributed by atoms with Crippen LogP contribution in [-0.4, -0.2) is 38.5 Å². The normalized spacial score (nSPS) is 17.9. The van der Waals surface area contributed by atoms with Crippen LogP contribution in [0, 0.1) is 13.8 Å². The highest BCUT2D eigenvalue weighted by atomic mass is 19.4. The maximum absolute atomic E-state index is 12.7. The third-order valence-electron chi connectivity index (χ3n) is 5.03. The van der Waals surface area contributed by atoms with Crippen LogP contribution in [0.4, 0.5) is 13.2 Å². The molecule has 1 atom stereocenters. The molecule has 0 saturated heterocycles. The average Bonchev–Trinajstić information content (AvgIpc) is 3.01. The van der Waals surface area contributed by atoms with Gasteiger partial charge in [-0.1, -0.05) is 12.8 Å². The van der Waals surface area contributed by atoms with Gasteiger partial charge >= 0.3 is 12.1 Å². The van der Waals surface area contributed by atoms with Gasteiger partial charge in [0.05, 0.1) is 23.6 Å². The van der Waals surface area contributed by atoms with Crippen LogP contribution in [0.15, 0.2) is 0 Å². The number of hydrogen-bond acceptors (Lipinski definition) is 3. The Bertz CT molecular complexity index is 691. The number of nitrogens with zero attached hydrogens (tertiary/aromatic N) is 2. The van der Waals surface area contributed by atoms with Crippen molar-refractivity contribution in [1.82, 2.24) is 15.1 Å². The van der Waals surface area contributed by atoms with Crippen LogP contribution < -0.4 is 5.32 Å². The van der Waals surface area contributed by atoms with Crippen LogP contribution in [0.5, 0.6) is 0 Å². The Morgan fingerprint density at radius 1 is 1.31 bits per heavy atom. The van der Waals surface area contributed by atoms with E-state index in [-0.39, 0.29) is 12.3 Å². The van der Waals surface area contributed by atoms with Gasteiger partial charge in [-0.25, -0.2) is 0 Å². The lowest BCUT2D eigenvalue weighted by molar-refractivity contribution is -0.143. The van der Waals surface area contributed by atoms with Gasteiger partial charge in [0.2, 0.25) is 5.91 Å². The van der Waals surface area contributed by atoms with Crippen molar-refractivity contribution >= 4 is 11.9 Å². The number of aliphatic carboxylic acids is 1. The van der Waals surface area contributed by atoms with Crippen molar-refractivity contribution in [1.29, 1.82) is 0 Å². The first-order chi connectivity index (χ1) is 11.9. The van der Waals surface area contributed by atoms with Crippen molar-refractivity contribution in [2.24, 2.45) is 0 Å². The molecule has 9 heteroatoms. The number of carboxylic acid groups (broad SMARTS) is 1. The van der Waals surface area contributed by atoms with Gasteiger partial charge in [-0.2, -0.15) is 18.3 Å². The van der Waals surface area contributed by atoms with Crippen LogP contribution in [-0.2, 0) is 16.1 Å². The van der Waals surface area contributed by atoms with E-state index in [1.807, 2.05) is 0 Å². The van der Waals surface area contributed by atoms with Crippen molar-refractivity contribution in [3.8, 4) is 0 Å². The van der Waals surface area contributed by atoms with Crippen LogP contribution in [0.25, 0.3) is 0 Å². The van der Waals surface area contributed by atoms with Crippen molar-refractivity contribution in [3.63, 3.8) is 0 Å². The van der Waals surface area contributed by atoms with Gasteiger partial charge < -0.3 is 10.4 Å². The van der Waals surface area contributed by atoms with Crippen LogP contribution in [0.2, 0.25) is 0 Å². The zero-order chi connectivity index (χ0) is 19.7. The van der Waals surface area contributed by atoms with Crippen molar-refractivity contribution in [2.75, 3.05) is 0 Å². The van der Waals surface area contributed by atoms with Gasteiger partial charge in [0.15, 0.2) is 0 Å². The van der Waals surface area contributed by atoms with E-state index in [0.717, 1.165) is 17.5 Å². The molecule has 1 saturated carbocycles. The Balaban J connectivity index is 2.21. The summed E-state index contributed by atoms with van der Waals surface area (Å²) in [5, 5.41) is 15.9. The topological polar surface area (TPSA) is 84.2 Å². The number of amides is 1. The Morgan fingerprint density at radius 3 is 2.38 bits per heavy atom. The summed E-state index contributed by atoms with van der Waals surface area (Å²) in [6.07, 6.45) is -1.71. The predicted octanol–water partition coefficient (Wildman–Crippen LogP) is 3.07. The van der Waals surface area contributed by atoms with E-state index in [1.54, 1.807) is 13.8 Å². The largest absolute Gasteiger partial charge is 0.481 e. The van der Waals surface area contributed by atoms with Crippen molar-refractivity contribution in [3.05, 3.63) is 17.0 Å². The maximum Gasteiger partial charge on any atom is 0.408 e. The van der Waals surface area contributed by atoms with Gasteiger partial charge in [-0.15, -0.1) is 0 Å². The van der Waals surface area contributed by atoms with Crippen LogP contribution >= 0.6 is 0 Å². The number of alkyl halides is 3. The molecule has 1 aromatic heterocycles. The molecule has 1 unspecified atom stereocenters. The fourth-order valence-electron chi connectivity index (χ4n) is 3.85. The van der Waals surface area contributed by atoms with Crippen LogP contribution in [0.3, 0.4) is 0 Å². The summed E-state index contributed by atoms with van der Waals surface area (Å²) in [4.78, 5) is 23.9. The van der Waals surface area contributed by atoms with E-state index in [0.29, 0.717) is 29.8 Å². The number of halogens is 3. The summed E-state index contributed by atoms with van der Waals surface area (Å²) >= 11 is 0. The standard InChI is InChI=1S/C17H24F3N3O3/c1-10(14-11(2)22-23(12(14)3)9-17(18,19)20)15(26)21-16(8-13(24)25)6-4-5-7-16/h10H,4-9H2,1-3H3,(H,21,26)(H,24,25). The highest BCUT2D eigenvalue weighted by Gasteiger charge is 2.39. The zero-order valence-electron chi connectivity index (χ0n) is 15.1. The Labute approximate surface area is 149 Å². The molecule has 2 rings (SSSR count). The number of nitrogens with one attached hydrogen (secondary N) is 1. The van der Waals surface area contributed by atoms with Gasteiger partial charge in [0, 0.05) is 11.3 Å². The van der Waals surface area contributed by atoms with Crippen LogP contribution in [0.1, 0.15) is 61.9 Å². The van der Waals surface area contributed by atoms with Gasteiger partial charge in [-0.3, -0.25) is 14.3 Å². The predicted molar refractivity (Wildman–Crippen MR) is 87.8 cm³/mol. The molecule has 0 aliphatic heterocycles. The number of aryl methyl sites for hydroxylation is 1. The Kier molecular flexibility index (Phi) is 5.67. The van der Waals surface area contributed by atoms with Gasteiger partial charge in [0.25, 0.3) is 0 Å². The fourth-order valence-corrected chi connectivity index (χ4v) is 3.85. The molecule has 6 nitrogen and oxygen atoms in total. The average molecular weight is 375 g/mol.